The van der Waals surface area contributed by atoms with Crippen LogP contribution in [0.2, 0.25) is 0 Å². The summed E-state index contributed by atoms with van der Waals surface area (Å²) >= 11 is 3.42. The molecule has 1 heterocycles. The van der Waals surface area contributed by atoms with Gasteiger partial charge in [-0.2, -0.15) is 4.68 Å². The molecular formula is C14H16BrN5O. The maximum Gasteiger partial charge on any atom is 0.244 e. The molecular weight excluding hydrogens is 334 g/mol. The van der Waals surface area contributed by atoms with Crippen LogP contribution in [-0.2, 0) is 4.79 Å². The Bertz CT molecular complexity index is 676. The van der Waals surface area contributed by atoms with Crippen molar-refractivity contribution in [1.29, 1.82) is 0 Å². The Hall–Kier alpha value is -2.02. The summed E-state index contributed by atoms with van der Waals surface area (Å²) in [6.07, 6.45) is 1.55. The van der Waals surface area contributed by atoms with Gasteiger partial charge >= 0.3 is 0 Å². The van der Waals surface area contributed by atoms with Gasteiger partial charge in [0.25, 0.3) is 0 Å². The Labute approximate surface area is 131 Å². The van der Waals surface area contributed by atoms with Crippen LogP contribution in [0.15, 0.2) is 40.4 Å². The minimum absolute atomic E-state index is 0.161. The van der Waals surface area contributed by atoms with Crippen molar-refractivity contribution in [3.63, 3.8) is 0 Å². The largest absolute Gasteiger partial charge is 0.343 e. The number of hydrogen-bond acceptors (Lipinski definition) is 4. The average molecular weight is 350 g/mol. The molecule has 6 nitrogen and oxygen atoms in total. The van der Waals surface area contributed by atoms with Crippen LogP contribution in [0.4, 0.5) is 0 Å². The molecule has 0 aliphatic rings. The van der Waals surface area contributed by atoms with E-state index >= 15 is 0 Å². The van der Waals surface area contributed by atoms with Crippen molar-refractivity contribution in [3.05, 3.63) is 46.2 Å². The Morgan fingerprint density at radius 2 is 2.19 bits per heavy atom. The SMILES string of the molecule is CC(C)=CC(=O)NC(C)c1nnnn1-c1cccc(Br)c1. The predicted molar refractivity (Wildman–Crippen MR) is 82.8 cm³/mol. The van der Waals surface area contributed by atoms with Crippen LogP contribution < -0.4 is 5.32 Å². The lowest BCUT2D eigenvalue weighted by atomic mass is 10.2. The van der Waals surface area contributed by atoms with E-state index in [0.717, 1.165) is 15.7 Å². The molecule has 0 saturated heterocycles. The molecule has 0 aliphatic carbocycles. The molecule has 2 rings (SSSR count). The Morgan fingerprint density at radius 3 is 2.86 bits per heavy atom. The molecule has 110 valence electrons. The molecule has 21 heavy (non-hydrogen) atoms. The van der Waals surface area contributed by atoms with Crippen molar-refractivity contribution >= 4 is 21.8 Å². The summed E-state index contributed by atoms with van der Waals surface area (Å²) in [5.74, 6) is 0.412. The van der Waals surface area contributed by atoms with Crippen molar-refractivity contribution in [2.24, 2.45) is 0 Å². The van der Waals surface area contributed by atoms with Gasteiger partial charge in [0.1, 0.15) is 0 Å². The molecule has 1 atom stereocenters. The highest BCUT2D eigenvalue weighted by Gasteiger charge is 2.17. The summed E-state index contributed by atoms with van der Waals surface area (Å²) in [7, 11) is 0. The van der Waals surface area contributed by atoms with E-state index in [2.05, 4.69) is 36.8 Å². The first-order valence-corrected chi connectivity index (χ1v) is 7.26. The third-order valence-electron chi connectivity index (χ3n) is 2.71. The quantitative estimate of drug-likeness (QED) is 0.861. The van der Waals surface area contributed by atoms with Gasteiger partial charge in [0.2, 0.25) is 5.91 Å². The number of carbonyl (C=O) groups excluding carboxylic acids is 1. The summed E-state index contributed by atoms with van der Waals surface area (Å²) in [5, 5.41) is 14.5. The van der Waals surface area contributed by atoms with Crippen LogP contribution in [0.5, 0.6) is 0 Å². The topological polar surface area (TPSA) is 72.7 Å². The molecule has 0 saturated carbocycles. The number of carbonyl (C=O) groups is 1. The monoisotopic (exact) mass is 349 g/mol. The third kappa shape index (κ3) is 3.98. The summed E-state index contributed by atoms with van der Waals surface area (Å²) < 4.78 is 2.54. The third-order valence-corrected chi connectivity index (χ3v) is 3.21. The number of hydrogen-bond donors (Lipinski definition) is 1. The van der Waals surface area contributed by atoms with Crippen LogP contribution in [-0.4, -0.2) is 26.1 Å². The van der Waals surface area contributed by atoms with Gasteiger partial charge in [0.05, 0.1) is 11.7 Å². The lowest BCUT2D eigenvalue weighted by Gasteiger charge is -2.12. The van der Waals surface area contributed by atoms with Crippen molar-refractivity contribution < 1.29 is 4.79 Å². The van der Waals surface area contributed by atoms with Crippen LogP contribution in [0, 0.1) is 0 Å². The molecule has 1 aromatic heterocycles. The maximum atomic E-state index is 11.8. The molecule has 0 fully saturated rings. The minimum atomic E-state index is -0.304. The number of allylic oxidation sites excluding steroid dienone is 1. The summed E-state index contributed by atoms with van der Waals surface area (Å²) in [4.78, 5) is 11.8. The summed E-state index contributed by atoms with van der Waals surface area (Å²) in [5.41, 5.74) is 1.76. The van der Waals surface area contributed by atoms with E-state index in [9.17, 15) is 4.79 Å². The first-order valence-electron chi connectivity index (χ1n) is 6.47. The standard InChI is InChI=1S/C14H16BrN5O/c1-9(2)7-13(21)16-10(3)14-17-18-19-20(14)12-6-4-5-11(15)8-12/h4-8,10H,1-3H3,(H,16,21). The van der Waals surface area contributed by atoms with E-state index in [-0.39, 0.29) is 11.9 Å². The highest BCUT2D eigenvalue weighted by atomic mass is 79.9. The number of nitrogens with zero attached hydrogens (tertiary/aromatic N) is 4. The second-order valence-corrected chi connectivity index (χ2v) is 5.80. The van der Waals surface area contributed by atoms with Gasteiger partial charge in [-0.3, -0.25) is 4.79 Å². The zero-order valence-corrected chi connectivity index (χ0v) is 13.6. The zero-order chi connectivity index (χ0) is 15.4. The molecule has 0 spiro atoms. The van der Waals surface area contributed by atoms with Crippen LogP contribution in [0.25, 0.3) is 5.69 Å². The van der Waals surface area contributed by atoms with Gasteiger partial charge in [0, 0.05) is 10.5 Å². The fourth-order valence-electron chi connectivity index (χ4n) is 1.84. The van der Waals surface area contributed by atoms with Crippen molar-refractivity contribution in [2.45, 2.75) is 26.8 Å². The van der Waals surface area contributed by atoms with Crippen molar-refractivity contribution in [1.82, 2.24) is 25.5 Å². The first kappa shape index (κ1) is 15.4. The fraction of sp³-hybridized carbons (Fsp3) is 0.286. The van der Waals surface area contributed by atoms with E-state index in [0.29, 0.717) is 5.82 Å². The number of halogens is 1. The van der Waals surface area contributed by atoms with Gasteiger partial charge in [-0.1, -0.05) is 27.6 Å². The van der Waals surface area contributed by atoms with E-state index in [1.807, 2.05) is 45.0 Å². The Morgan fingerprint density at radius 1 is 1.43 bits per heavy atom. The second-order valence-electron chi connectivity index (χ2n) is 4.88. The van der Waals surface area contributed by atoms with Gasteiger partial charge in [-0.05, 0) is 49.4 Å². The molecule has 1 N–H and O–H groups in total. The van der Waals surface area contributed by atoms with Gasteiger partial charge in [0.15, 0.2) is 5.82 Å². The normalized spacial score (nSPS) is 11.8. The first-order chi connectivity index (χ1) is 9.97. The zero-order valence-electron chi connectivity index (χ0n) is 12.0. The van der Waals surface area contributed by atoms with Gasteiger partial charge in [-0.15, -0.1) is 5.10 Å². The van der Waals surface area contributed by atoms with Crippen LogP contribution in [0.3, 0.4) is 0 Å². The molecule has 1 aromatic carbocycles. The van der Waals surface area contributed by atoms with Gasteiger partial charge in [-0.25, -0.2) is 0 Å². The van der Waals surface area contributed by atoms with E-state index in [4.69, 9.17) is 0 Å². The number of tetrazole rings is 1. The molecule has 0 aliphatic heterocycles. The van der Waals surface area contributed by atoms with Crippen molar-refractivity contribution in [2.75, 3.05) is 0 Å². The Kier molecular flexibility index (Phi) is 4.85. The number of benzene rings is 1. The molecule has 1 unspecified atom stereocenters. The van der Waals surface area contributed by atoms with Crippen LogP contribution in [0.1, 0.15) is 32.6 Å². The van der Waals surface area contributed by atoms with Crippen molar-refractivity contribution in [3.8, 4) is 5.69 Å². The van der Waals surface area contributed by atoms with E-state index < -0.39 is 0 Å². The minimum Gasteiger partial charge on any atom is -0.343 e. The average Bonchev–Trinajstić information content (AvgIpc) is 2.86. The second kappa shape index (κ2) is 6.62. The number of aromatic nitrogens is 4. The number of nitrogens with one attached hydrogen (secondary N) is 1. The fourth-order valence-corrected chi connectivity index (χ4v) is 2.22. The van der Waals surface area contributed by atoms with Crippen LogP contribution >= 0.6 is 15.9 Å². The molecule has 0 bridgehead atoms. The smallest absolute Gasteiger partial charge is 0.244 e. The molecule has 2 aromatic rings. The summed E-state index contributed by atoms with van der Waals surface area (Å²) in [6, 6.07) is 7.33. The number of amides is 1. The predicted octanol–water partition coefficient (Wildman–Crippen LogP) is 2.57. The lowest BCUT2D eigenvalue weighted by Crippen LogP contribution is -2.27. The Balaban J connectivity index is 2.24. The van der Waals surface area contributed by atoms with E-state index in [1.54, 1.807) is 10.8 Å². The lowest BCUT2D eigenvalue weighted by molar-refractivity contribution is -0.117. The van der Waals surface area contributed by atoms with E-state index in [1.165, 1.54) is 0 Å². The highest BCUT2D eigenvalue weighted by molar-refractivity contribution is 9.10. The summed E-state index contributed by atoms with van der Waals surface area (Å²) in [6.45, 7) is 5.59. The maximum absolute atomic E-state index is 11.8. The highest BCUT2D eigenvalue weighted by Crippen LogP contribution is 2.18. The molecule has 0 radical (unpaired) electrons. The number of rotatable bonds is 4. The van der Waals surface area contributed by atoms with Gasteiger partial charge < -0.3 is 5.32 Å². The molecule has 7 heteroatoms. The molecule has 1 amide bonds.